The van der Waals surface area contributed by atoms with E-state index in [1.54, 1.807) is 0 Å². The Labute approximate surface area is 106 Å². The van der Waals surface area contributed by atoms with Crippen LogP contribution in [0.1, 0.15) is 23.3 Å². The second-order valence-corrected chi connectivity index (χ2v) is 5.35. The number of hydrogen-bond acceptors (Lipinski definition) is 3. The van der Waals surface area contributed by atoms with Crippen molar-refractivity contribution in [2.75, 3.05) is 17.6 Å². The number of anilines is 2. The minimum Gasteiger partial charge on any atom is -0.399 e. The van der Waals surface area contributed by atoms with Crippen molar-refractivity contribution >= 4 is 22.7 Å². The van der Waals surface area contributed by atoms with E-state index in [0.29, 0.717) is 5.92 Å². The lowest BCUT2D eigenvalue weighted by Crippen LogP contribution is -2.09. The molecule has 0 bridgehead atoms. The van der Waals surface area contributed by atoms with E-state index in [-0.39, 0.29) is 0 Å². The molecule has 0 saturated heterocycles. The standard InChI is InChI=1S/C14H18N2S/c1-10-8-12(15)5-6-13(10)16-9-11(2)14-4-3-7-17-14/h3-8,11,16H,9,15H2,1-2H3. The summed E-state index contributed by atoms with van der Waals surface area (Å²) in [5.41, 5.74) is 8.92. The summed E-state index contributed by atoms with van der Waals surface area (Å²) in [5, 5.41) is 5.60. The molecule has 1 aromatic heterocycles. The van der Waals surface area contributed by atoms with Crippen molar-refractivity contribution in [2.24, 2.45) is 0 Å². The highest BCUT2D eigenvalue weighted by molar-refractivity contribution is 7.10. The number of aryl methyl sites for hydroxylation is 1. The van der Waals surface area contributed by atoms with Gasteiger partial charge in [0.25, 0.3) is 0 Å². The van der Waals surface area contributed by atoms with Gasteiger partial charge in [-0.1, -0.05) is 13.0 Å². The predicted octanol–water partition coefficient (Wildman–Crippen LogP) is 3.85. The van der Waals surface area contributed by atoms with Crippen molar-refractivity contribution in [3.63, 3.8) is 0 Å². The molecule has 2 nitrogen and oxygen atoms in total. The van der Waals surface area contributed by atoms with Crippen molar-refractivity contribution in [2.45, 2.75) is 19.8 Å². The molecule has 0 amide bonds. The van der Waals surface area contributed by atoms with Crippen LogP contribution in [0.25, 0.3) is 0 Å². The Hall–Kier alpha value is -1.48. The van der Waals surface area contributed by atoms with Crippen LogP contribution in [0.3, 0.4) is 0 Å². The number of nitrogen functional groups attached to an aromatic ring is 1. The highest BCUT2D eigenvalue weighted by atomic mass is 32.1. The number of nitrogens with two attached hydrogens (primary N) is 1. The molecule has 3 N–H and O–H groups in total. The van der Waals surface area contributed by atoms with Gasteiger partial charge in [0.15, 0.2) is 0 Å². The minimum atomic E-state index is 0.534. The zero-order valence-electron chi connectivity index (χ0n) is 10.2. The van der Waals surface area contributed by atoms with E-state index in [4.69, 9.17) is 5.73 Å². The van der Waals surface area contributed by atoms with E-state index in [0.717, 1.165) is 12.2 Å². The third kappa shape index (κ3) is 3.01. The first-order valence-corrected chi connectivity index (χ1v) is 6.68. The highest BCUT2D eigenvalue weighted by Crippen LogP contribution is 2.23. The van der Waals surface area contributed by atoms with E-state index in [1.165, 1.54) is 16.1 Å². The number of benzene rings is 1. The molecule has 0 aliphatic heterocycles. The van der Waals surface area contributed by atoms with Crippen LogP contribution in [-0.2, 0) is 0 Å². The second-order valence-electron chi connectivity index (χ2n) is 4.37. The van der Waals surface area contributed by atoms with Gasteiger partial charge in [-0.05, 0) is 42.1 Å². The Kier molecular flexibility index (Phi) is 3.69. The van der Waals surface area contributed by atoms with Gasteiger partial charge in [-0.3, -0.25) is 0 Å². The third-order valence-corrected chi connectivity index (χ3v) is 3.98. The van der Waals surface area contributed by atoms with Gasteiger partial charge in [-0.2, -0.15) is 0 Å². The van der Waals surface area contributed by atoms with E-state index >= 15 is 0 Å². The molecule has 0 radical (unpaired) electrons. The van der Waals surface area contributed by atoms with Crippen LogP contribution in [0.4, 0.5) is 11.4 Å². The summed E-state index contributed by atoms with van der Waals surface area (Å²) in [6.45, 7) is 5.27. The molecule has 0 fully saturated rings. The molecule has 2 rings (SSSR count). The zero-order valence-corrected chi connectivity index (χ0v) is 11.1. The van der Waals surface area contributed by atoms with Gasteiger partial charge in [-0.25, -0.2) is 0 Å². The summed E-state index contributed by atoms with van der Waals surface area (Å²) in [6, 6.07) is 10.3. The van der Waals surface area contributed by atoms with Gasteiger partial charge in [0.05, 0.1) is 0 Å². The van der Waals surface area contributed by atoms with Crippen LogP contribution in [0, 0.1) is 6.92 Å². The number of rotatable bonds is 4. The van der Waals surface area contributed by atoms with Crippen LogP contribution in [0.2, 0.25) is 0 Å². The molecule has 0 aliphatic carbocycles. The molecule has 1 heterocycles. The fourth-order valence-corrected chi connectivity index (χ4v) is 2.61. The first-order valence-electron chi connectivity index (χ1n) is 5.80. The summed E-state index contributed by atoms with van der Waals surface area (Å²) in [5.74, 6) is 0.534. The molecular weight excluding hydrogens is 228 g/mol. The molecule has 1 unspecified atom stereocenters. The molecule has 1 aromatic carbocycles. The van der Waals surface area contributed by atoms with Gasteiger partial charge < -0.3 is 11.1 Å². The normalized spacial score (nSPS) is 12.4. The molecular formula is C14H18N2S. The van der Waals surface area contributed by atoms with Crippen LogP contribution in [0.5, 0.6) is 0 Å². The second kappa shape index (κ2) is 5.23. The number of nitrogens with one attached hydrogen (secondary N) is 1. The minimum absolute atomic E-state index is 0.534. The molecule has 0 spiro atoms. The molecule has 0 aliphatic rings. The van der Waals surface area contributed by atoms with Gasteiger partial charge in [0.2, 0.25) is 0 Å². The van der Waals surface area contributed by atoms with E-state index < -0.39 is 0 Å². The lowest BCUT2D eigenvalue weighted by Gasteiger charge is -2.14. The first kappa shape index (κ1) is 12.0. The van der Waals surface area contributed by atoms with Crippen LogP contribution < -0.4 is 11.1 Å². The molecule has 3 heteroatoms. The SMILES string of the molecule is Cc1cc(N)ccc1NCC(C)c1cccs1. The predicted molar refractivity (Wildman–Crippen MR) is 76.8 cm³/mol. The third-order valence-electron chi connectivity index (χ3n) is 2.88. The quantitative estimate of drug-likeness (QED) is 0.804. The van der Waals surface area contributed by atoms with Gasteiger partial charge in [0, 0.05) is 28.7 Å². The lowest BCUT2D eigenvalue weighted by molar-refractivity contribution is 0.822. The summed E-state index contributed by atoms with van der Waals surface area (Å²) in [4.78, 5) is 1.42. The molecule has 17 heavy (non-hydrogen) atoms. The first-order chi connectivity index (χ1) is 8.16. The monoisotopic (exact) mass is 246 g/mol. The van der Waals surface area contributed by atoms with Crippen molar-refractivity contribution in [3.8, 4) is 0 Å². The summed E-state index contributed by atoms with van der Waals surface area (Å²) in [7, 11) is 0. The summed E-state index contributed by atoms with van der Waals surface area (Å²) < 4.78 is 0. The van der Waals surface area contributed by atoms with Gasteiger partial charge in [-0.15, -0.1) is 11.3 Å². The van der Waals surface area contributed by atoms with Gasteiger partial charge >= 0.3 is 0 Å². The smallest absolute Gasteiger partial charge is 0.0371 e. The fourth-order valence-electron chi connectivity index (χ4n) is 1.82. The number of thiophene rings is 1. The molecule has 0 saturated carbocycles. The average Bonchev–Trinajstić information content (AvgIpc) is 2.81. The van der Waals surface area contributed by atoms with Crippen LogP contribution >= 0.6 is 11.3 Å². The Balaban J connectivity index is 1.98. The Morgan fingerprint density at radius 1 is 1.35 bits per heavy atom. The highest BCUT2D eigenvalue weighted by Gasteiger charge is 2.06. The Morgan fingerprint density at radius 3 is 2.82 bits per heavy atom. The van der Waals surface area contributed by atoms with Gasteiger partial charge in [0.1, 0.15) is 0 Å². The topological polar surface area (TPSA) is 38.0 Å². The lowest BCUT2D eigenvalue weighted by atomic mass is 10.1. The van der Waals surface area contributed by atoms with Crippen molar-refractivity contribution < 1.29 is 0 Å². The Morgan fingerprint density at radius 2 is 2.18 bits per heavy atom. The maximum atomic E-state index is 5.73. The zero-order chi connectivity index (χ0) is 12.3. The van der Waals surface area contributed by atoms with Crippen molar-refractivity contribution in [1.82, 2.24) is 0 Å². The Bertz CT molecular complexity index is 477. The van der Waals surface area contributed by atoms with E-state index in [2.05, 4.69) is 36.7 Å². The number of hydrogen-bond donors (Lipinski definition) is 2. The van der Waals surface area contributed by atoms with Crippen molar-refractivity contribution in [3.05, 3.63) is 46.2 Å². The average molecular weight is 246 g/mol. The molecule has 90 valence electrons. The van der Waals surface area contributed by atoms with Crippen molar-refractivity contribution in [1.29, 1.82) is 0 Å². The van der Waals surface area contributed by atoms with E-state index in [1.807, 2.05) is 29.5 Å². The summed E-state index contributed by atoms with van der Waals surface area (Å²) >= 11 is 1.81. The summed E-state index contributed by atoms with van der Waals surface area (Å²) in [6.07, 6.45) is 0. The fraction of sp³-hybridized carbons (Fsp3) is 0.286. The van der Waals surface area contributed by atoms with E-state index in [9.17, 15) is 0 Å². The van der Waals surface area contributed by atoms with Crippen LogP contribution in [-0.4, -0.2) is 6.54 Å². The maximum absolute atomic E-state index is 5.73. The molecule has 1 atom stereocenters. The largest absolute Gasteiger partial charge is 0.399 e. The molecule has 2 aromatic rings. The maximum Gasteiger partial charge on any atom is 0.0371 e. The van der Waals surface area contributed by atoms with Crippen LogP contribution in [0.15, 0.2) is 35.7 Å².